The SMILES string of the molecule is Cc1cc(/C=C(/C#N)c2cccc(Br)c2)c(-c2ccccc2)n1-c1ccccc1. The number of nitrogens with zero attached hydrogens (tertiary/aromatic N) is 2. The van der Waals surface area contributed by atoms with Crippen molar-refractivity contribution in [2.24, 2.45) is 0 Å². The number of nitriles is 1. The van der Waals surface area contributed by atoms with E-state index in [1.807, 2.05) is 66.7 Å². The van der Waals surface area contributed by atoms with Crippen molar-refractivity contribution in [2.45, 2.75) is 6.92 Å². The van der Waals surface area contributed by atoms with Crippen molar-refractivity contribution in [3.63, 3.8) is 0 Å². The third kappa shape index (κ3) is 3.94. The standard InChI is InChI=1S/C26H19BrN2/c1-19-15-22(16-23(18-28)21-11-8-12-24(27)17-21)26(20-9-4-2-5-10-20)29(19)25-13-6-3-7-14-25/h2-17H,1H3/b23-16-. The summed E-state index contributed by atoms with van der Waals surface area (Å²) in [5.74, 6) is 0. The zero-order valence-corrected chi connectivity index (χ0v) is 17.6. The van der Waals surface area contributed by atoms with E-state index < -0.39 is 0 Å². The van der Waals surface area contributed by atoms with Gasteiger partial charge in [0.25, 0.3) is 0 Å². The van der Waals surface area contributed by atoms with Crippen LogP contribution in [0.25, 0.3) is 28.6 Å². The van der Waals surface area contributed by atoms with Gasteiger partial charge in [-0.2, -0.15) is 5.26 Å². The van der Waals surface area contributed by atoms with Gasteiger partial charge in [0, 0.05) is 21.4 Å². The molecular weight excluding hydrogens is 420 g/mol. The Kier molecular flexibility index (Phi) is 5.46. The summed E-state index contributed by atoms with van der Waals surface area (Å²) in [6.45, 7) is 2.10. The lowest BCUT2D eigenvalue weighted by atomic mass is 10.0. The second kappa shape index (κ2) is 8.34. The largest absolute Gasteiger partial charge is 0.313 e. The Hall–Kier alpha value is -3.35. The molecule has 3 heteroatoms. The van der Waals surface area contributed by atoms with Crippen molar-refractivity contribution in [1.82, 2.24) is 4.57 Å². The van der Waals surface area contributed by atoms with Crippen LogP contribution in [0.3, 0.4) is 0 Å². The summed E-state index contributed by atoms with van der Waals surface area (Å²) in [6, 6.07) is 33.0. The summed E-state index contributed by atoms with van der Waals surface area (Å²) < 4.78 is 3.20. The lowest BCUT2D eigenvalue weighted by Gasteiger charge is -2.13. The van der Waals surface area contributed by atoms with E-state index in [9.17, 15) is 5.26 Å². The van der Waals surface area contributed by atoms with Gasteiger partial charge in [0.05, 0.1) is 17.3 Å². The Labute approximate surface area is 179 Å². The lowest BCUT2D eigenvalue weighted by molar-refractivity contribution is 1.02. The Morgan fingerprint density at radius 2 is 1.59 bits per heavy atom. The predicted octanol–water partition coefficient (Wildman–Crippen LogP) is 7.28. The van der Waals surface area contributed by atoms with Gasteiger partial charge in [-0.05, 0) is 54.5 Å². The molecule has 0 aliphatic heterocycles. The van der Waals surface area contributed by atoms with Crippen molar-refractivity contribution < 1.29 is 0 Å². The molecule has 0 bridgehead atoms. The second-order valence-electron chi connectivity index (χ2n) is 6.81. The second-order valence-corrected chi connectivity index (χ2v) is 7.72. The van der Waals surface area contributed by atoms with Crippen LogP contribution in [0.15, 0.2) is 95.5 Å². The van der Waals surface area contributed by atoms with Crippen LogP contribution in [0, 0.1) is 18.3 Å². The molecule has 29 heavy (non-hydrogen) atoms. The smallest absolute Gasteiger partial charge is 0.0998 e. The number of rotatable bonds is 4. The van der Waals surface area contributed by atoms with Gasteiger partial charge in [0.2, 0.25) is 0 Å². The van der Waals surface area contributed by atoms with Crippen LogP contribution >= 0.6 is 15.9 Å². The molecule has 0 saturated carbocycles. The molecule has 0 saturated heterocycles. The number of allylic oxidation sites excluding steroid dienone is 1. The first-order chi connectivity index (χ1) is 14.2. The van der Waals surface area contributed by atoms with Gasteiger partial charge in [-0.25, -0.2) is 0 Å². The lowest BCUT2D eigenvalue weighted by Crippen LogP contribution is -1.99. The topological polar surface area (TPSA) is 28.7 Å². The molecule has 1 aromatic heterocycles. The number of benzene rings is 3. The quantitative estimate of drug-likeness (QED) is 0.307. The van der Waals surface area contributed by atoms with Gasteiger partial charge >= 0.3 is 0 Å². The molecule has 0 aliphatic rings. The van der Waals surface area contributed by atoms with Crippen molar-refractivity contribution in [3.05, 3.63) is 112 Å². The van der Waals surface area contributed by atoms with Gasteiger partial charge < -0.3 is 4.57 Å². The molecule has 0 fully saturated rings. The fourth-order valence-corrected chi connectivity index (χ4v) is 3.97. The fourth-order valence-electron chi connectivity index (χ4n) is 3.57. The third-order valence-corrected chi connectivity index (χ3v) is 5.32. The van der Waals surface area contributed by atoms with Crippen molar-refractivity contribution in [2.75, 3.05) is 0 Å². The number of hydrogen-bond acceptors (Lipinski definition) is 1. The van der Waals surface area contributed by atoms with Crippen LogP contribution < -0.4 is 0 Å². The Morgan fingerprint density at radius 3 is 2.24 bits per heavy atom. The van der Waals surface area contributed by atoms with Gasteiger partial charge in [0.1, 0.15) is 0 Å². The maximum Gasteiger partial charge on any atom is 0.0998 e. The molecule has 0 unspecified atom stereocenters. The molecular formula is C26H19BrN2. The van der Waals surface area contributed by atoms with Crippen molar-refractivity contribution in [3.8, 4) is 23.0 Å². The minimum atomic E-state index is 0.633. The highest BCUT2D eigenvalue weighted by atomic mass is 79.9. The highest BCUT2D eigenvalue weighted by molar-refractivity contribution is 9.10. The molecule has 0 aliphatic carbocycles. The molecule has 0 amide bonds. The van der Waals surface area contributed by atoms with E-state index in [0.717, 1.165) is 38.2 Å². The van der Waals surface area contributed by atoms with Crippen LogP contribution in [-0.2, 0) is 0 Å². The highest BCUT2D eigenvalue weighted by Crippen LogP contribution is 2.33. The summed E-state index contributed by atoms with van der Waals surface area (Å²) in [4.78, 5) is 0. The van der Waals surface area contributed by atoms with E-state index in [2.05, 4.69) is 63.8 Å². The number of aromatic nitrogens is 1. The van der Waals surface area contributed by atoms with E-state index in [4.69, 9.17) is 0 Å². The normalized spacial score (nSPS) is 11.3. The molecule has 4 rings (SSSR count). The third-order valence-electron chi connectivity index (χ3n) is 4.83. The molecule has 3 aromatic carbocycles. The molecule has 0 spiro atoms. The Balaban J connectivity index is 1.96. The van der Waals surface area contributed by atoms with Crippen LogP contribution in [0.5, 0.6) is 0 Å². The van der Waals surface area contributed by atoms with Crippen molar-refractivity contribution >= 4 is 27.6 Å². The van der Waals surface area contributed by atoms with E-state index in [1.54, 1.807) is 0 Å². The molecule has 0 N–H and O–H groups in total. The minimum absolute atomic E-state index is 0.633. The van der Waals surface area contributed by atoms with Gasteiger partial charge in [-0.15, -0.1) is 0 Å². The first kappa shape index (κ1) is 19.0. The summed E-state index contributed by atoms with van der Waals surface area (Å²) in [6.07, 6.45) is 1.98. The Morgan fingerprint density at radius 1 is 0.897 bits per heavy atom. The average Bonchev–Trinajstić information content (AvgIpc) is 3.09. The molecule has 0 radical (unpaired) electrons. The summed E-state index contributed by atoms with van der Waals surface area (Å²) in [7, 11) is 0. The molecule has 0 atom stereocenters. The number of aryl methyl sites for hydroxylation is 1. The minimum Gasteiger partial charge on any atom is -0.313 e. The number of hydrogen-bond donors (Lipinski definition) is 0. The first-order valence-corrected chi connectivity index (χ1v) is 10.2. The summed E-state index contributed by atoms with van der Waals surface area (Å²) in [5.41, 5.74) is 6.96. The molecule has 2 nitrogen and oxygen atoms in total. The van der Waals surface area contributed by atoms with Gasteiger partial charge in [-0.3, -0.25) is 0 Å². The van der Waals surface area contributed by atoms with E-state index in [-0.39, 0.29) is 0 Å². The van der Waals surface area contributed by atoms with Crippen LogP contribution in [0.2, 0.25) is 0 Å². The number of halogens is 1. The molecule has 4 aromatic rings. The van der Waals surface area contributed by atoms with Gasteiger partial charge in [0.15, 0.2) is 0 Å². The van der Waals surface area contributed by atoms with E-state index in [1.165, 1.54) is 0 Å². The van der Waals surface area contributed by atoms with Crippen LogP contribution in [-0.4, -0.2) is 4.57 Å². The van der Waals surface area contributed by atoms with Gasteiger partial charge in [-0.1, -0.05) is 76.6 Å². The Bertz CT molecular complexity index is 1210. The zero-order valence-electron chi connectivity index (χ0n) is 16.0. The zero-order chi connectivity index (χ0) is 20.2. The predicted molar refractivity (Wildman–Crippen MR) is 124 cm³/mol. The fraction of sp³-hybridized carbons (Fsp3) is 0.0385. The maximum absolute atomic E-state index is 9.85. The van der Waals surface area contributed by atoms with Crippen LogP contribution in [0.1, 0.15) is 16.8 Å². The molecule has 1 heterocycles. The molecule has 140 valence electrons. The van der Waals surface area contributed by atoms with E-state index >= 15 is 0 Å². The van der Waals surface area contributed by atoms with E-state index in [0.29, 0.717) is 5.57 Å². The summed E-state index contributed by atoms with van der Waals surface area (Å²) in [5, 5.41) is 9.85. The summed E-state index contributed by atoms with van der Waals surface area (Å²) >= 11 is 3.50. The highest BCUT2D eigenvalue weighted by Gasteiger charge is 2.16. The average molecular weight is 439 g/mol. The maximum atomic E-state index is 9.85. The monoisotopic (exact) mass is 438 g/mol. The first-order valence-electron chi connectivity index (χ1n) is 9.38. The number of para-hydroxylation sites is 1. The van der Waals surface area contributed by atoms with Crippen LogP contribution in [0.4, 0.5) is 0 Å². The van der Waals surface area contributed by atoms with Crippen molar-refractivity contribution in [1.29, 1.82) is 5.26 Å².